The summed E-state index contributed by atoms with van der Waals surface area (Å²) in [4.78, 5) is 0. The van der Waals surface area contributed by atoms with Crippen molar-refractivity contribution < 1.29 is 9.13 Å². The molecule has 1 aromatic carbocycles. The maximum Gasteiger partial charge on any atom is 0.123 e. The van der Waals surface area contributed by atoms with E-state index in [0.29, 0.717) is 16.5 Å². The van der Waals surface area contributed by atoms with Gasteiger partial charge < -0.3 is 10.5 Å². The summed E-state index contributed by atoms with van der Waals surface area (Å²) in [6, 6.07) is 3.94. The fourth-order valence-electron chi connectivity index (χ4n) is 3.04. The first-order valence-electron chi connectivity index (χ1n) is 6.87. The van der Waals surface area contributed by atoms with E-state index in [1.165, 1.54) is 31.4 Å². The molecule has 106 valence electrons. The highest BCUT2D eigenvalue weighted by molar-refractivity contribution is 6.31. The number of methoxy groups -OCH3 is 1. The maximum atomic E-state index is 13.4. The molecule has 2 rings (SSSR count). The van der Waals surface area contributed by atoms with Gasteiger partial charge in [-0.25, -0.2) is 4.39 Å². The van der Waals surface area contributed by atoms with Crippen molar-refractivity contribution in [1.29, 1.82) is 0 Å². The van der Waals surface area contributed by atoms with Gasteiger partial charge in [-0.2, -0.15) is 0 Å². The Hall–Kier alpha value is -0.640. The van der Waals surface area contributed by atoms with Crippen LogP contribution in [-0.2, 0) is 4.74 Å². The van der Waals surface area contributed by atoms with Crippen LogP contribution in [0, 0.1) is 11.7 Å². The number of benzene rings is 1. The number of halogens is 2. The van der Waals surface area contributed by atoms with Gasteiger partial charge in [-0.05, 0) is 42.5 Å². The van der Waals surface area contributed by atoms with Gasteiger partial charge in [0.25, 0.3) is 0 Å². The number of rotatable bonds is 4. The summed E-state index contributed by atoms with van der Waals surface area (Å²) in [6.07, 6.45) is 5.86. The second-order valence-corrected chi connectivity index (χ2v) is 5.70. The van der Waals surface area contributed by atoms with Crippen LogP contribution < -0.4 is 5.73 Å². The van der Waals surface area contributed by atoms with Crippen LogP contribution in [0.5, 0.6) is 0 Å². The van der Waals surface area contributed by atoms with E-state index in [9.17, 15) is 4.39 Å². The van der Waals surface area contributed by atoms with E-state index in [1.807, 2.05) is 0 Å². The molecule has 1 aliphatic rings. The van der Waals surface area contributed by atoms with E-state index in [0.717, 1.165) is 12.8 Å². The minimum Gasteiger partial charge on any atom is -0.379 e. The molecule has 0 bridgehead atoms. The van der Waals surface area contributed by atoms with Crippen LogP contribution in [0.2, 0.25) is 5.02 Å². The number of nitrogens with two attached hydrogens (primary N) is 1. The highest BCUT2D eigenvalue weighted by Gasteiger charge is 2.30. The van der Waals surface area contributed by atoms with Gasteiger partial charge in [-0.3, -0.25) is 0 Å². The first kappa shape index (κ1) is 14.8. The van der Waals surface area contributed by atoms with E-state index < -0.39 is 0 Å². The molecule has 2 nitrogen and oxygen atoms in total. The monoisotopic (exact) mass is 285 g/mol. The molecule has 0 saturated heterocycles. The summed E-state index contributed by atoms with van der Waals surface area (Å²) in [5, 5.41) is 0.506. The molecule has 0 radical (unpaired) electrons. The molecule has 1 fully saturated rings. The molecule has 2 unspecified atom stereocenters. The summed E-state index contributed by atoms with van der Waals surface area (Å²) < 4.78 is 19.0. The van der Waals surface area contributed by atoms with Crippen molar-refractivity contribution in [3.05, 3.63) is 34.6 Å². The lowest BCUT2D eigenvalue weighted by molar-refractivity contribution is 0.0172. The predicted molar refractivity (Wildman–Crippen MR) is 75.7 cm³/mol. The lowest BCUT2D eigenvalue weighted by Gasteiger charge is -2.33. The fourth-order valence-corrected chi connectivity index (χ4v) is 3.29. The second kappa shape index (κ2) is 6.69. The Balaban J connectivity index is 2.19. The van der Waals surface area contributed by atoms with Crippen molar-refractivity contribution in [3.8, 4) is 0 Å². The number of hydrogen-bond donors (Lipinski definition) is 1. The summed E-state index contributed by atoms with van der Waals surface area (Å²) in [7, 11) is 1.67. The quantitative estimate of drug-likeness (QED) is 0.905. The van der Waals surface area contributed by atoms with Crippen LogP contribution in [0.15, 0.2) is 18.2 Å². The zero-order chi connectivity index (χ0) is 13.8. The molecule has 1 aliphatic carbocycles. The van der Waals surface area contributed by atoms with Gasteiger partial charge in [0.15, 0.2) is 0 Å². The summed E-state index contributed by atoms with van der Waals surface area (Å²) in [5.74, 6) is 0.126. The molecule has 0 spiro atoms. The molecular formula is C15H21ClFNO. The van der Waals surface area contributed by atoms with Crippen molar-refractivity contribution in [2.24, 2.45) is 11.7 Å². The Morgan fingerprint density at radius 2 is 2.00 bits per heavy atom. The zero-order valence-electron chi connectivity index (χ0n) is 11.2. The third-order valence-corrected chi connectivity index (χ3v) is 4.40. The Bertz CT molecular complexity index is 421. The lowest BCUT2D eigenvalue weighted by atomic mass is 9.81. The summed E-state index contributed by atoms with van der Waals surface area (Å²) in [6.45, 7) is 0. The summed E-state index contributed by atoms with van der Waals surface area (Å²) >= 11 is 6.13. The zero-order valence-corrected chi connectivity index (χ0v) is 12.0. The number of ether oxygens (including phenoxy) is 1. The topological polar surface area (TPSA) is 35.2 Å². The van der Waals surface area contributed by atoms with E-state index in [2.05, 4.69) is 0 Å². The predicted octanol–water partition coefficient (Wildman–Crippen LogP) is 4.07. The van der Waals surface area contributed by atoms with Crippen LogP contribution in [0.1, 0.15) is 43.7 Å². The van der Waals surface area contributed by atoms with E-state index in [4.69, 9.17) is 22.1 Å². The van der Waals surface area contributed by atoms with E-state index >= 15 is 0 Å². The van der Waals surface area contributed by atoms with Crippen LogP contribution in [0.4, 0.5) is 4.39 Å². The maximum absolute atomic E-state index is 13.4. The van der Waals surface area contributed by atoms with Gasteiger partial charge in [-0.1, -0.05) is 30.9 Å². The molecule has 2 N–H and O–H groups in total. The van der Waals surface area contributed by atoms with Crippen molar-refractivity contribution in [2.45, 2.75) is 44.2 Å². The minimum absolute atomic E-state index is 0.0976. The third-order valence-electron chi connectivity index (χ3n) is 4.06. The standard InChI is InChI=1S/C15H21ClFNO/c1-19-15(10-5-3-2-4-6-10)14(18)12-9-11(17)7-8-13(12)16/h7-10,14-15H,2-6,18H2,1H3. The van der Waals surface area contributed by atoms with Gasteiger partial charge in [0.2, 0.25) is 0 Å². The molecule has 19 heavy (non-hydrogen) atoms. The molecule has 0 amide bonds. The van der Waals surface area contributed by atoms with Crippen molar-refractivity contribution >= 4 is 11.6 Å². The molecule has 1 aromatic rings. The number of hydrogen-bond acceptors (Lipinski definition) is 2. The SMILES string of the molecule is COC(C1CCCCC1)C(N)c1cc(F)ccc1Cl. The highest BCUT2D eigenvalue weighted by atomic mass is 35.5. The van der Waals surface area contributed by atoms with Gasteiger partial charge >= 0.3 is 0 Å². The second-order valence-electron chi connectivity index (χ2n) is 5.29. The highest BCUT2D eigenvalue weighted by Crippen LogP contribution is 2.35. The van der Waals surface area contributed by atoms with Crippen LogP contribution >= 0.6 is 11.6 Å². The van der Waals surface area contributed by atoms with Crippen molar-refractivity contribution in [1.82, 2.24) is 0 Å². The van der Waals surface area contributed by atoms with Gasteiger partial charge in [0.1, 0.15) is 5.82 Å². The molecule has 1 saturated carbocycles. The molecule has 0 aliphatic heterocycles. The lowest BCUT2D eigenvalue weighted by Crippen LogP contribution is -2.36. The van der Waals surface area contributed by atoms with Crippen molar-refractivity contribution in [2.75, 3.05) is 7.11 Å². The third kappa shape index (κ3) is 3.47. The van der Waals surface area contributed by atoms with Crippen LogP contribution in [-0.4, -0.2) is 13.2 Å². The molecule has 0 aromatic heterocycles. The Morgan fingerprint density at radius 1 is 1.32 bits per heavy atom. The molecule has 4 heteroatoms. The van der Waals surface area contributed by atoms with Crippen LogP contribution in [0.3, 0.4) is 0 Å². The van der Waals surface area contributed by atoms with Crippen molar-refractivity contribution in [3.63, 3.8) is 0 Å². The Morgan fingerprint density at radius 3 is 2.63 bits per heavy atom. The average molecular weight is 286 g/mol. The smallest absolute Gasteiger partial charge is 0.123 e. The van der Waals surface area contributed by atoms with Gasteiger partial charge in [0, 0.05) is 12.1 Å². The van der Waals surface area contributed by atoms with E-state index in [-0.39, 0.29) is 18.0 Å². The normalized spacial score (nSPS) is 20.2. The van der Waals surface area contributed by atoms with Gasteiger partial charge in [0.05, 0.1) is 12.1 Å². The fraction of sp³-hybridized carbons (Fsp3) is 0.600. The Kier molecular flexibility index (Phi) is 5.20. The molecule has 2 atom stereocenters. The first-order valence-corrected chi connectivity index (χ1v) is 7.24. The Labute approximate surface area is 119 Å². The minimum atomic E-state index is -0.378. The first-order chi connectivity index (χ1) is 9.13. The molecular weight excluding hydrogens is 265 g/mol. The largest absolute Gasteiger partial charge is 0.379 e. The van der Waals surface area contributed by atoms with E-state index in [1.54, 1.807) is 13.2 Å². The van der Waals surface area contributed by atoms with Crippen LogP contribution in [0.25, 0.3) is 0 Å². The average Bonchev–Trinajstić information content (AvgIpc) is 2.43. The van der Waals surface area contributed by atoms with Gasteiger partial charge in [-0.15, -0.1) is 0 Å². The molecule has 0 heterocycles. The summed E-state index contributed by atoms with van der Waals surface area (Å²) in [5.41, 5.74) is 6.91.